The molecule has 0 N–H and O–H groups in total. The van der Waals surface area contributed by atoms with Crippen LogP contribution in [0.1, 0.15) is 16.7 Å². The Kier molecular flexibility index (Phi) is 6.33. The van der Waals surface area contributed by atoms with E-state index >= 15 is 0 Å². The SMILES string of the molecule is Cc1ccc(CN2CCN(N=C/C=C/c3ccccc3[N+](=O)[O-])CC2)cc1. The summed E-state index contributed by atoms with van der Waals surface area (Å²) < 4.78 is 0. The van der Waals surface area contributed by atoms with Crippen LogP contribution >= 0.6 is 0 Å². The number of hydrogen-bond donors (Lipinski definition) is 0. The summed E-state index contributed by atoms with van der Waals surface area (Å²) in [5.74, 6) is 0. The van der Waals surface area contributed by atoms with Crippen molar-refractivity contribution in [3.63, 3.8) is 0 Å². The molecule has 1 aliphatic rings. The fourth-order valence-corrected chi connectivity index (χ4v) is 3.04. The van der Waals surface area contributed by atoms with Crippen LogP contribution in [-0.2, 0) is 6.54 Å². The van der Waals surface area contributed by atoms with E-state index in [1.54, 1.807) is 36.6 Å². The van der Waals surface area contributed by atoms with Crippen LogP contribution in [0.3, 0.4) is 0 Å². The molecule has 0 amide bonds. The average molecular weight is 364 g/mol. The lowest BCUT2D eigenvalue weighted by molar-refractivity contribution is -0.385. The number of rotatable bonds is 6. The summed E-state index contributed by atoms with van der Waals surface area (Å²) in [5.41, 5.74) is 3.31. The molecule has 0 aliphatic carbocycles. The zero-order valence-corrected chi connectivity index (χ0v) is 15.5. The first-order chi connectivity index (χ1) is 13.1. The van der Waals surface area contributed by atoms with Crippen LogP contribution in [-0.4, -0.2) is 47.2 Å². The molecule has 1 saturated heterocycles. The van der Waals surface area contributed by atoms with Crippen LogP contribution in [0.25, 0.3) is 6.08 Å². The largest absolute Gasteiger partial charge is 0.295 e. The van der Waals surface area contributed by atoms with Crippen molar-refractivity contribution >= 4 is 18.0 Å². The number of allylic oxidation sites excluding steroid dienone is 1. The Morgan fingerprint density at radius 2 is 1.78 bits per heavy atom. The van der Waals surface area contributed by atoms with Gasteiger partial charge in [0, 0.05) is 45.0 Å². The highest BCUT2D eigenvalue weighted by molar-refractivity contribution is 5.79. The first kappa shape index (κ1) is 18.8. The molecule has 27 heavy (non-hydrogen) atoms. The van der Waals surface area contributed by atoms with Gasteiger partial charge in [0.1, 0.15) is 0 Å². The lowest BCUT2D eigenvalue weighted by Crippen LogP contribution is -2.43. The van der Waals surface area contributed by atoms with Gasteiger partial charge in [-0.3, -0.25) is 20.0 Å². The zero-order valence-electron chi connectivity index (χ0n) is 15.5. The van der Waals surface area contributed by atoms with Gasteiger partial charge in [-0.1, -0.05) is 42.0 Å². The van der Waals surface area contributed by atoms with Gasteiger partial charge in [0.25, 0.3) is 5.69 Å². The Balaban J connectivity index is 1.48. The van der Waals surface area contributed by atoms with Crippen molar-refractivity contribution in [2.24, 2.45) is 5.10 Å². The van der Waals surface area contributed by atoms with E-state index in [0.717, 1.165) is 32.7 Å². The van der Waals surface area contributed by atoms with Gasteiger partial charge in [-0.15, -0.1) is 0 Å². The van der Waals surface area contributed by atoms with Crippen molar-refractivity contribution in [1.82, 2.24) is 9.91 Å². The van der Waals surface area contributed by atoms with E-state index in [9.17, 15) is 10.1 Å². The molecule has 0 aromatic heterocycles. The Morgan fingerprint density at radius 1 is 1.07 bits per heavy atom. The highest BCUT2D eigenvalue weighted by Gasteiger charge is 2.15. The summed E-state index contributed by atoms with van der Waals surface area (Å²) in [4.78, 5) is 13.1. The van der Waals surface area contributed by atoms with Gasteiger partial charge in [0.05, 0.1) is 10.5 Å². The molecule has 1 heterocycles. The van der Waals surface area contributed by atoms with E-state index in [1.807, 2.05) is 5.01 Å². The average Bonchev–Trinajstić information content (AvgIpc) is 2.68. The van der Waals surface area contributed by atoms with Crippen LogP contribution in [0.4, 0.5) is 5.69 Å². The highest BCUT2D eigenvalue weighted by Crippen LogP contribution is 2.18. The Hall–Kier alpha value is -2.99. The number of hydrazone groups is 1. The summed E-state index contributed by atoms with van der Waals surface area (Å²) in [7, 11) is 0. The number of nitro benzene ring substituents is 1. The van der Waals surface area contributed by atoms with Gasteiger partial charge in [-0.05, 0) is 30.7 Å². The second-order valence-electron chi connectivity index (χ2n) is 6.65. The van der Waals surface area contributed by atoms with Gasteiger partial charge in [0.15, 0.2) is 0 Å². The third-order valence-electron chi connectivity index (χ3n) is 4.60. The fraction of sp³-hybridized carbons (Fsp3) is 0.286. The molecule has 0 unspecified atom stereocenters. The van der Waals surface area contributed by atoms with Crippen LogP contribution in [0.2, 0.25) is 0 Å². The highest BCUT2D eigenvalue weighted by atomic mass is 16.6. The molecule has 0 radical (unpaired) electrons. The Morgan fingerprint density at radius 3 is 2.48 bits per heavy atom. The van der Waals surface area contributed by atoms with Crippen LogP contribution in [0, 0.1) is 17.0 Å². The predicted octanol–water partition coefficient (Wildman–Crippen LogP) is 3.72. The molecule has 0 spiro atoms. The van der Waals surface area contributed by atoms with Gasteiger partial charge in [-0.25, -0.2) is 0 Å². The molecule has 140 valence electrons. The third kappa shape index (κ3) is 5.49. The van der Waals surface area contributed by atoms with E-state index in [-0.39, 0.29) is 10.6 Å². The number of hydrogen-bond acceptors (Lipinski definition) is 5. The first-order valence-electron chi connectivity index (χ1n) is 9.09. The number of para-hydroxylation sites is 1. The van der Waals surface area contributed by atoms with Crippen LogP contribution < -0.4 is 0 Å². The maximum atomic E-state index is 11.0. The predicted molar refractivity (Wildman–Crippen MR) is 109 cm³/mol. The van der Waals surface area contributed by atoms with Crippen molar-refractivity contribution < 1.29 is 4.92 Å². The molecule has 6 heteroatoms. The molecular weight excluding hydrogens is 340 g/mol. The summed E-state index contributed by atoms with van der Waals surface area (Å²) in [6.07, 6.45) is 5.17. The van der Waals surface area contributed by atoms with Gasteiger partial charge in [0.2, 0.25) is 0 Å². The summed E-state index contributed by atoms with van der Waals surface area (Å²) in [5, 5.41) is 17.5. The van der Waals surface area contributed by atoms with E-state index in [2.05, 4.69) is 41.2 Å². The van der Waals surface area contributed by atoms with Crippen LogP contribution in [0.15, 0.2) is 59.7 Å². The normalized spacial score (nSPS) is 15.7. The topological polar surface area (TPSA) is 62.0 Å². The minimum atomic E-state index is -0.371. The van der Waals surface area contributed by atoms with E-state index in [4.69, 9.17) is 0 Å². The molecule has 2 aromatic rings. The second kappa shape index (κ2) is 9.09. The quantitative estimate of drug-likeness (QED) is 0.445. The molecule has 0 bridgehead atoms. The van der Waals surface area contributed by atoms with E-state index in [1.165, 1.54) is 17.2 Å². The number of aryl methyl sites for hydroxylation is 1. The van der Waals surface area contributed by atoms with Crippen molar-refractivity contribution in [3.05, 3.63) is 81.4 Å². The van der Waals surface area contributed by atoms with Gasteiger partial charge >= 0.3 is 0 Å². The monoisotopic (exact) mass is 364 g/mol. The molecule has 1 aliphatic heterocycles. The van der Waals surface area contributed by atoms with E-state index in [0.29, 0.717) is 5.56 Å². The van der Waals surface area contributed by atoms with Gasteiger partial charge in [-0.2, -0.15) is 5.10 Å². The van der Waals surface area contributed by atoms with Crippen molar-refractivity contribution in [1.29, 1.82) is 0 Å². The number of nitrogens with zero attached hydrogens (tertiary/aromatic N) is 4. The summed E-state index contributed by atoms with van der Waals surface area (Å²) in [6.45, 7) is 6.77. The molecule has 6 nitrogen and oxygen atoms in total. The van der Waals surface area contributed by atoms with Gasteiger partial charge < -0.3 is 0 Å². The molecular formula is C21H24N4O2. The smallest absolute Gasteiger partial charge is 0.276 e. The molecule has 2 aromatic carbocycles. The molecule has 0 saturated carbocycles. The minimum absolute atomic E-state index is 0.104. The fourth-order valence-electron chi connectivity index (χ4n) is 3.04. The lowest BCUT2D eigenvalue weighted by Gasteiger charge is -2.33. The van der Waals surface area contributed by atoms with Crippen molar-refractivity contribution in [2.45, 2.75) is 13.5 Å². The third-order valence-corrected chi connectivity index (χ3v) is 4.60. The number of benzene rings is 2. The maximum Gasteiger partial charge on any atom is 0.276 e. The second-order valence-corrected chi connectivity index (χ2v) is 6.65. The Labute approximate surface area is 159 Å². The number of piperazine rings is 1. The minimum Gasteiger partial charge on any atom is -0.295 e. The summed E-state index contributed by atoms with van der Waals surface area (Å²) >= 11 is 0. The van der Waals surface area contributed by atoms with Crippen molar-refractivity contribution in [2.75, 3.05) is 26.2 Å². The number of nitro groups is 1. The maximum absolute atomic E-state index is 11.0. The Bertz CT molecular complexity index is 822. The standard InChI is InChI=1S/C21H24N4O2/c1-18-8-10-19(11-9-18)17-23-13-15-24(16-14-23)22-12-4-6-20-5-2-3-7-21(20)25(26)27/h2-12H,13-17H2,1H3/b6-4+,22-12?. The summed E-state index contributed by atoms with van der Waals surface area (Å²) in [6, 6.07) is 15.4. The molecule has 3 rings (SSSR count). The molecule has 1 fully saturated rings. The first-order valence-corrected chi connectivity index (χ1v) is 9.09. The molecule has 0 atom stereocenters. The van der Waals surface area contributed by atoms with E-state index < -0.39 is 0 Å². The lowest BCUT2D eigenvalue weighted by atomic mass is 10.1. The van der Waals surface area contributed by atoms with Crippen molar-refractivity contribution in [3.8, 4) is 0 Å². The zero-order chi connectivity index (χ0) is 19.1. The van der Waals surface area contributed by atoms with Crippen LogP contribution in [0.5, 0.6) is 0 Å².